The first-order chi connectivity index (χ1) is 10.1. The molecule has 0 aromatic carbocycles. The van der Waals surface area contributed by atoms with Gasteiger partial charge in [-0.25, -0.2) is 15.0 Å². The highest BCUT2D eigenvalue weighted by Gasteiger charge is 2.31. The number of rotatable bonds is 7. The molecule has 0 aliphatic rings. The van der Waals surface area contributed by atoms with Gasteiger partial charge in [0.05, 0.1) is 12.4 Å². The molecule has 21 heavy (non-hydrogen) atoms. The lowest BCUT2D eigenvalue weighted by Gasteiger charge is -2.29. The first-order valence-electron chi connectivity index (χ1n) is 6.41. The largest absolute Gasteiger partial charge is 0.396 e. The number of methoxy groups -OCH3 is 2. The molecule has 2 heterocycles. The maximum absolute atomic E-state index is 10.1. The highest BCUT2D eigenvalue weighted by atomic mass is 16.5. The molecule has 2 aromatic heterocycles. The fraction of sp³-hybridized carbons (Fsp3) is 0.583. The number of nitrogens with zero attached hydrogens (tertiary/aromatic N) is 4. The first-order valence-corrected chi connectivity index (χ1v) is 6.41. The van der Waals surface area contributed by atoms with Gasteiger partial charge < -0.3 is 25.4 Å². The van der Waals surface area contributed by atoms with Gasteiger partial charge in [0.25, 0.3) is 0 Å². The van der Waals surface area contributed by atoms with Crippen LogP contribution in [0.3, 0.4) is 0 Å². The van der Waals surface area contributed by atoms with Crippen LogP contribution in [0.1, 0.15) is 12.6 Å². The van der Waals surface area contributed by atoms with Crippen molar-refractivity contribution in [1.82, 2.24) is 19.5 Å². The molecule has 0 saturated heterocycles. The monoisotopic (exact) mass is 297 g/mol. The topological polar surface area (TPSA) is 129 Å². The summed E-state index contributed by atoms with van der Waals surface area (Å²) in [4.78, 5) is 12.2. The Morgan fingerprint density at radius 2 is 2.05 bits per heavy atom. The van der Waals surface area contributed by atoms with Crippen LogP contribution in [-0.4, -0.2) is 62.8 Å². The molecule has 0 radical (unpaired) electrons. The van der Waals surface area contributed by atoms with Crippen molar-refractivity contribution >= 4 is 17.0 Å². The number of hydrogen-bond donors (Lipinski definition) is 3. The predicted octanol–water partition coefficient (Wildman–Crippen LogP) is -0.688. The normalized spacial score (nSPS) is 16.0. The van der Waals surface area contributed by atoms with Crippen molar-refractivity contribution in [3.63, 3.8) is 0 Å². The van der Waals surface area contributed by atoms with Crippen LogP contribution in [0, 0.1) is 0 Å². The zero-order chi connectivity index (χ0) is 15.4. The Balaban J connectivity index is 2.40. The molecule has 0 fully saturated rings. The Morgan fingerprint density at radius 3 is 2.67 bits per heavy atom. The van der Waals surface area contributed by atoms with E-state index in [4.69, 9.17) is 20.3 Å². The lowest BCUT2D eigenvalue weighted by molar-refractivity contribution is -0.128. The molecule has 2 rings (SSSR count). The van der Waals surface area contributed by atoms with Gasteiger partial charge in [0.15, 0.2) is 17.7 Å². The molecular formula is C12H19N5O4. The molecule has 3 atom stereocenters. The van der Waals surface area contributed by atoms with Crippen molar-refractivity contribution in [1.29, 1.82) is 0 Å². The second kappa shape index (κ2) is 6.76. The number of aromatic nitrogens is 4. The molecule has 0 amide bonds. The third-order valence-electron chi connectivity index (χ3n) is 3.26. The van der Waals surface area contributed by atoms with E-state index in [0.717, 1.165) is 0 Å². The maximum atomic E-state index is 10.1. The minimum absolute atomic E-state index is 0.156. The Kier molecular flexibility index (Phi) is 5.02. The van der Waals surface area contributed by atoms with Crippen LogP contribution < -0.4 is 5.73 Å². The van der Waals surface area contributed by atoms with Gasteiger partial charge in [0.2, 0.25) is 0 Å². The number of anilines is 1. The lowest BCUT2D eigenvalue weighted by atomic mass is 10.1. The fourth-order valence-electron chi connectivity index (χ4n) is 2.22. The van der Waals surface area contributed by atoms with E-state index in [2.05, 4.69) is 15.0 Å². The highest BCUT2D eigenvalue weighted by molar-refractivity contribution is 5.81. The van der Waals surface area contributed by atoms with E-state index in [0.29, 0.717) is 11.2 Å². The van der Waals surface area contributed by atoms with Crippen LogP contribution >= 0.6 is 0 Å². The highest BCUT2D eigenvalue weighted by Crippen LogP contribution is 2.25. The number of nitrogen functional groups attached to an aromatic ring is 1. The fourth-order valence-corrected chi connectivity index (χ4v) is 2.22. The average Bonchev–Trinajstić information content (AvgIpc) is 2.90. The summed E-state index contributed by atoms with van der Waals surface area (Å²) in [5, 5.41) is 19.0. The average molecular weight is 297 g/mol. The second-order valence-corrected chi connectivity index (χ2v) is 4.49. The zero-order valence-corrected chi connectivity index (χ0v) is 11.9. The van der Waals surface area contributed by atoms with Crippen LogP contribution in [0.2, 0.25) is 0 Å². The van der Waals surface area contributed by atoms with Crippen molar-refractivity contribution < 1.29 is 19.7 Å². The summed E-state index contributed by atoms with van der Waals surface area (Å²) in [6.45, 7) is -0.156. The van der Waals surface area contributed by atoms with Gasteiger partial charge in [-0.05, 0) is 6.42 Å². The molecule has 3 unspecified atom stereocenters. The Morgan fingerprint density at radius 1 is 1.29 bits per heavy atom. The maximum Gasteiger partial charge on any atom is 0.167 e. The molecule has 116 valence electrons. The number of aliphatic hydroxyl groups excluding tert-OH is 2. The predicted molar refractivity (Wildman–Crippen MR) is 74.3 cm³/mol. The second-order valence-electron chi connectivity index (χ2n) is 4.49. The number of imidazole rings is 1. The summed E-state index contributed by atoms with van der Waals surface area (Å²) < 4.78 is 12.3. The molecule has 0 bridgehead atoms. The SMILES string of the molecule is COC(C(O)CCO)C(OC)n1cnc2c(N)ncnc21. The van der Waals surface area contributed by atoms with Gasteiger partial charge in [-0.3, -0.25) is 4.57 Å². The van der Waals surface area contributed by atoms with E-state index < -0.39 is 18.4 Å². The summed E-state index contributed by atoms with van der Waals surface area (Å²) in [7, 11) is 2.94. The Labute approximate surface area is 121 Å². The standard InChI is InChI=1S/C12H19N5O4/c1-20-9(7(19)3-4-18)12(21-2)17-6-16-8-10(13)14-5-15-11(8)17/h5-7,9,12,18-19H,3-4H2,1-2H3,(H2,13,14,15). The number of aliphatic hydroxyl groups is 2. The number of hydrogen-bond acceptors (Lipinski definition) is 8. The van der Waals surface area contributed by atoms with E-state index in [1.54, 1.807) is 4.57 Å². The third kappa shape index (κ3) is 2.95. The number of fused-ring (bicyclic) bond motifs is 1. The third-order valence-corrected chi connectivity index (χ3v) is 3.26. The minimum Gasteiger partial charge on any atom is -0.396 e. The first kappa shape index (κ1) is 15.6. The molecule has 9 heteroatoms. The van der Waals surface area contributed by atoms with Crippen molar-refractivity contribution in [2.75, 3.05) is 26.6 Å². The lowest BCUT2D eigenvalue weighted by Crippen LogP contribution is -2.38. The van der Waals surface area contributed by atoms with Crippen molar-refractivity contribution in [2.24, 2.45) is 0 Å². The van der Waals surface area contributed by atoms with Gasteiger partial charge in [-0.15, -0.1) is 0 Å². The molecular weight excluding hydrogens is 278 g/mol. The summed E-state index contributed by atoms with van der Waals surface area (Å²) in [6.07, 6.45) is 0.728. The molecule has 0 saturated carbocycles. The van der Waals surface area contributed by atoms with Gasteiger partial charge in [0.1, 0.15) is 17.9 Å². The van der Waals surface area contributed by atoms with Gasteiger partial charge in [-0.2, -0.15) is 0 Å². The molecule has 0 spiro atoms. The molecule has 0 aliphatic carbocycles. The van der Waals surface area contributed by atoms with E-state index in [1.807, 2.05) is 0 Å². The summed E-state index contributed by atoms with van der Waals surface area (Å²) >= 11 is 0. The van der Waals surface area contributed by atoms with Crippen LogP contribution in [-0.2, 0) is 9.47 Å². The minimum atomic E-state index is -0.901. The van der Waals surface area contributed by atoms with Crippen molar-refractivity contribution in [2.45, 2.75) is 24.9 Å². The van der Waals surface area contributed by atoms with Crippen molar-refractivity contribution in [3.05, 3.63) is 12.7 Å². The van der Waals surface area contributed by atoms with E-state index in [1.165, 1.54) is 26.9 Å². The molecule has 9 nitrogen and oxygen atoms in total. The molecule has 2 aromatic rings. The van der Waals surface area contributed by atoms with Gasteiger partial charge >= 0.3 is 0 Å². The molecule has 4 N–H and O–H groups in total. The van der Waals surface area contributed by atoms with Crippen LogP contribution in [0.15, 0.2) is 12.7 Å². The van der Waals surface area contributed by atoms with E-state index in [9.17, 15) is 5.11 Å². The Bertz CT molecular complexity index is 590. The van der Waals surface area contributed by atoms with Gasteiger partial charge in [0, 0.05) is 20.8 Å². The number of ether oxygens (including phenoxy) is 2. The van der Waals surface area contributed by atoms with Crippen LogP contribution in [0.4, 0.5) is 5.82 Å². The van der Waals surface area contributed by atoms with Crippen molar-refractivity contribution in [3.8, 4) is 0 Å². The van der Waals surface area contributed by atoms with Crippen LogP contribution in [0.25, 0.3) is 11.2 Å². The van der Waals surface area contributed by atoms with E-state index in [-0.39, 0.29) is 18.8 Å². The van der Waals surface area contributed by atoms with Crippen LogP contribution in [0.5, 0.6) is 0 Å². The summed E-state index contributed by atoms with van der Waals surface area (Å²) in [5.74, 6) is 0.262. The Hall–Kier alpha value is -1.81. The quantitative estimate of drug-likeness (QED) is 0.612. The van der Waals surface area contributed by atoms with E-state index >= 15 is 0 Å². The number of nitrogens with two attached hydrogens (primary N) is 1. The zero-order valence-electron chi connectivity index (χ0n) is 11.9. The summed E-state index contributed by atoms with van der Waals surface area (Å²) in [5.41, 5.74) is 6.68. The molecule has 0 aliphatic heterocycles. The smallest absolute Gasteiger partial charge is 0.167 e. The summed E-state index contributed by atoms with van der Waals surface area (Å²) in [6, 6.07) is 0. The van der Waals surface area contributed by atoms with Gasteiger partial charge in [-0.1, -0.05) is 0 Å².